The molecule has 0 saturated carbocycles. The normalized spacial score (nSPS) is 14.2. The number of aliphatic hydroxyl groups excluding tert-OH is 1. The van der Waals surface area contributed by atoms with Gasteiger partial charge in [-0.3, -0.25) is 4.79 Å². The van der Waals surface area contributed by atoms with E-state index in [1.54, 1.807) is 12.1 Å². The van der Waals surface area contributed by atoms with E-state index in [2.05, 4.69) is 40.6 Å². The lowest BCUT2D eigenvalue weighted by Gasteiger charge is -2.18. The minimum atomic E-state index is -3.97. The predicted octanol–water partition coefficient (Wildman–Crippen LogP) is 1.12. The van der Waals surface area contributed by atoms with E-state index in [1.807, 2.05) is 0 Å². The first kappa shape index (κ1) is 20.4. The highest BCUT2D eigenvalue weighted by atomic mass is 32.2. The number of carbonyl (C=O) groups is 1. The van der Waals surface area contributed by atoms with Gasteiger partial charge in [0.15, 0.2) is 0 Å². The fraction of sp³-hybridized carbons (Fsp3) is 0.438. The van der Waals surface area contributed by atoms with Gasteiger partial charge in [-0.05, 0) is 31.2 Å². The molecule has 0 aliphatic rings. The molecular weight excluding hydrogens is 346 g/mol. The van der Waals surface area contributed by atoms with Gasteiger partial charge in [0.1, 0.15) is 14.1 Å². The molecule has 24 heavy (non-hydrogen) atoms. The second kappa shape index (κ2) is 7.94. The topological polar surface area (TPSA) is 92.7 Å². The van der Waals surface area contributed by atoms with Crippen molar-refractivity contribution in [3.05, 3.63) is 29.8 Å². The van der Waals surface area contributed by atoms with Crippen molar-refractivity contribution in [2.45, 2.75) is 43.6 Å². The van der Waals surface area contributed by atoms with Crippen LogP contribution in [0.25, 0.3) is 0 Å². The van der Waals surface area contributed by atoms with Crippen LogP contribution in [-0.2, 0) is 19.6 Å². The third kappa shape index (κ3) is 6.09. The van der Waals surface area contributed by atoms with E-state index in [0.717, 1.165) is 12.7 Å². The van der Waals surface area contributed by atoms with Crippen LogP contribution in [0.3, 0.4) is 0 Å². The second-order valence-corrected chi connectivity index (χ2v) is 12.9. The second-order valence-electron chi connectivity index (χ2n) is 6.39. The van der Waals surface area contributed by atoms with Crippen LogP contribution in [0.1, 0.15) is 12.5 Å². The third-order valence-corrected chi connectivity index (χ3v) is 5.30. The molecule has 2 atom stereocenters. The van der Waals surface area contributed by atoms with E-state index in [0.29, 0.717) is 0 Å². The molecule has 6 nitrogen and oxygen atoms in total. The van der Waals surface area contributed by atoms with Crippen LogP contribution in [0, 0.1) is 11.5 Å². The maximum absolute atomic E-state index is 12.3. The largest absolute Gasteiger partial charge is 0.468 e. The molecule has 0 spiro atoms. The van der Waals surface area contributed by atoms with Crippen LogP contribution in [0.4, 0.5) is 0 Å². The standard InChI is InChI=1S/C16H23NO5SSi/c1-12(18)15(16(19)22-2)17-23(20,21)14-8-6-13(7-9-14)10-11-24(3,4)5/h6-9,12,15,17-18H,1-5H3/t12-,15+/m1/s1. The van der Waals surface area contributed by atoms with Crippen molar-refractivity contribution in [1.29, 1.82) is 0 Å². The molecule has 2 N–H and O–H groups in total. The number of hydrogen-bond donors (Lipinski definition) is 2. The number of nitrogens with one attached hydrogen (secondary N) is 1. The van der Waals surface area contributed by atoms with Crippen molar-refractivity contribution in [2.24, 2.45) is 0 Å². The Bertz CT molecular complexity index is 739. The van der Waals surface area contributed by atoms with Crippen LogP contribution in [0.5, 0.6) is 0 Å². The van der Waals surface area contributed by atoms with Crippen LogP contribution < -0.4 is 4.72 Å². The molecule has 0 unspecified atom stereocenters. The van der Waals surface area contributed by atoms with Crippen LogP contribution >= 0.6 is 0 Å². The average Bonchev–Trinajstić information content (AvgIpc) is 2.49. The highest BCUT2D eigenvalue weighted by molar-refractivity contribution is 7.89. The summed E-state index contributed by atoms with van der Waals surface area (Å²) in [7, 11) is -4.36. The summed E-state index contributed by atoms with van der Waals surface area (Å²) < 4.78 is 31.3. The van der Waals surface area contributed by atoms with E-state index in [9.17, 15) is 18.3 Å². The summed E-state index contributed by atoms with van der Waals surface area (Å²) in [4.78, 5) is 11.6. The van der Waals surface area contributed by atoms with Gasteiger partial charge in [-0.2, -0.15) is 4.72 Å². The molecule has 0 aromatic heterocycles. The van der Waals surface area contributed by atoms with Gasteiger partial charge < -0.3 is 9.84 Å². The number of ether oxygens (including phenoxy) is 1. The Morgan fingerprint density at radius 3 is 2.21 bits per heavy atom. The minimum absolute atomic E-state index is 0.0180. The third-order valence-electron chi connectivity index (χ3n) is 2.97. The first-order valence-electron chi connectivity index (χ1n) is 7.38. The van der Waals surface area contributed by atoms with Gasteiger partial charge in [-0.1, -0.05) is 25.6 Å². The average molecular weight is 370 g/mol. The molecule has 1 aromatic rings. The monoisotopic (exact) mass is 369 g/mol. The van der Waals surface area contributed by atoms with Gasteiger partial charge in [-0.25, -0.2) is 8.42 Å². The first-order valence-corrected chi connectivity index (χ1v) is 12.4. The number of rotatable bonds is 5. The van der Waals surface area contributed by atoms with Crippen molar-refractivity contribution < 1.29 is 23.1 Å². The Kier molecular flexibility index (Phi) is 6.74. The molecule has 0 amide bonds. The SMILES string of the molecule is COC(=O)[C@@H](NS(=O)(=O)c1ccc(C#C[Si](C)(C)C)cc1)[C@@H](C)O. The Morgan fingerprint density at radius 1 is 1.25 bits per heavy atom. The van der Waals surface area contributed by atoms with E-state index in [-0.39, 0.29) is 4.90 Å². The molecule has 0 heterocycles. The van der Waals surface area contributed by atoms with Gasteiger partial charge in [-0.15, -0.1) is 5.54 Å². The molecule has 1 aromatic carbocycles. The summed E-state index contributed by atoms with van der Waals surface area (Å²) in [5.41, 5.74) is 3.91. The van der Waals surface area contributed by atoms with Gasteiger partial charge in [0.05, 0.1) is 18.1 Å². The van der Waals surface area contributed by atoms with Crippen molar-refractivity contribution in [2.75, 3.05) is 7.11 Å². The molecule has 132 valence electrons. The highest BCUT2D eigenvalue weighted by Crippen LogP contribution is 2.12. The Morgan fingerprint density at radius 2 is 1.79 bits per heavy atom. The van der Waals surface area contributed by atoms with Crippen molar-refractivity contribution in [1.82, 2.24) is 4.72 Å². The molecule has 0 aliphatic heterocycles. The highest BCUT2D eigenvalue weighted by Gasteiger charge is 2.30. The number of sulfonamides is 1. The zero-order chi connectivity index (χ0) is 18.5. The number of methoxy groups -OCH3 is 1. The Labute approximate surface area is 144 Å². The molecule has 0 bridgehead atoms. The summed E-state index contributed by atoms with van der Waals surface area (Å²) >= 11 is 0. The van der Waals surface area contributed by atoms with Crippen LogP contribution in [0.2, 0.25) is 19.6 Å². The molecule has 8 heteroatoms. The summed E-state index contributed by atoms with van der Waals surface area (Å²) in [5, 5.41) is 9.57. The van der Waals surface area contributed by atoms with Crippen molar-refractivity contribution in [3.63, 3.8) is 0 Å². The molecule has 0 radical (unpaired) electrons. The van der Waals surface area contributed by atoms with Gasteiger partial charge in [0.25, 0.3) is 0 Å². The fourth-order valence-corrected chi connectivity index (χ4v) is 3.46. The number of carbonyl (C=O) groups excluding carboxylic acids is 1. The lowest BCUT2D eigenvalue weighted by molar-refractivity contribution is -0.145. The number of hydrogen-bond acceptors (Lipinski definition) is 5. The molecular formula is C16H23NO5SSi. The molecule has 1 rings (SSSR count). The molecule has 0 aliphatic carbocycles. The quantitative estimate of drug-likeness (QED) is 0.461. The maximum Gasteiger partial charge on any atom is 0.326 e. The summed E-state index contributed by atoms with van der Waals surface area (Å²) in [5.74, 6) is 2.18. The predicted molar refractivity (Wildman–Crippen MR) is 94.5 cm³/mol. The number of aliphatic hydroxyl groups is 1. The smallest absolute Gasteiger partial charge is 0.326 e. The summed E-state index contributed by atoms with van der Waals surface area (Å²) in [6, 6.07) is 4.67. The van der Waals surface area contributed by atoms with Crippen LogP contribution in [-0.4, -0.2) is 46.8 Å². The van der Waals surface area contributed by atoms with E-state index < -0.39 is 36.2 Å². The number of esters is 1. The van der Waals surface area contributed by atoms with Gasteiger partial charge >= 0.3 is 5.97 Å². The Balaban J connectivity index is 3.02. The van der Waals surface area contributed by atoms with E-state index in [4.69, 9.17) is 0 Å². The summed E-state index contributed by atoms with van der Waals surface area (Å²) in [6.07, 6.45) is -1.23. The van der Waals surface area contributed by atoms with Crippen molar-refractivity contribution in [3.8, 4) is 11.5 Å². The summed E-state index contributed by atoms with van der Waals surface area (Å²) in [6.45, 7) is 7.66. The first-order chi connectivity index (χ1) is 11.0. The van der Waals surface area contributed by atoms with E-state index in [1.165, 1.54) is 19.1 Å². The Hall–Kier alpha value is -1.66. The molecule has 0 saturated heterocycles. The zero-order valence-electron chi connectivity index (χ0n) is 14.5. The van der Waals surface area contributed by atoms with Gasteiger partial charge in [0, 0.05) is 5.56 Å². The fourth-order valence-electron chi connectivity index (χ4n) is 1.68. The lowest BCUT2D eigenvalue weighted by Crippen LogP contribution is -2.48. The molecule has 0 fully saturated rings. The van der Waals surface area contributed by atoms with Crippen molar-refractivity contribution >= 4 is 24.1 Å². The minimum Gasteiger partial charge on any atom is -0.468 e. The maximum atomic E-state index is 12.3. The van der Waals surface area contributed by atoms with Crippen LogP contribution in [0.15, 0.2) is 29.2 Å². The van der Waals surface area contributed by atoms with Gasteiger partial charge in [0.2, 0.25) is 10.0 Å². The lowest BCUT2D eigenvalue weighted by atomic mass is 10.2. The zero-order valence-corrected chi connectivity index (χ0v) is 16.3. The van der Waals surface area contributed by atoms with E-state index >= 15 is 0 Å². The number of benzene rings is 1.